The van der Waals surface area contributed by atoms with E-state index in [1.54, 1.807) is 0 Å². The molecule has 0 amide bonds. The third-order valence-electron chi connectivity index (χ3n) is 11.0. The van der Waals surface area contributed by atoms with Gasteiger partial charge in [0, 0.05) is 0 Å². The molecule has 30 nitrogen and oxygen atoms in total. The molecule has 0 spiro atoms. The normalized spacial score (nSPS) is 67.4. The summed E-state index contributed by atoms with van der Waals surface area (Å²) in [6.45, 7) is -24.5. The van der Waals surface area contributed by atoms with Crippen molar-refractivity contribution in [3.8, 4) is 0 Å². The molecule has 22 heterocycles. The number of hydrogen-bond acceptors (Lipinski definition) is 30. The Bertz CT molecular complexity index is 1920. The second-order valence-electron chi connectivity index (χ2n) is 14.9. The van der Waals surface area contributed by atoms with Crippen LogP contribution in [0.3, 0.4) is 0 Å². The topological polar surface area (TPSA) is 475 Å². The van der Waals surface area contributed by atoms with Crippen LogP contribution < -0.4 is 0 Å². The fourth-order valence-corrected chi connectivity index (χ4v) is 7.49. The van der Waals surface area contributed by atoms with Gasteiger partial charge in [0.25, 0.3) is 0 Å². The van der Waals surface area contributed by atoms with E-state index in [2.05, 4.69) is 0 Å². The summed E-state index contributed by atoms with van der Waals surface area (Å²) >= 11 is 0. The number of hydrogen-bond donors (Lipinski definition) is 18. The second kappa shape index (κ2) is 22.1. The van der Waals surface area contributed by atoms with E-state index in [1.165, 1.54) is 0 Å². The molecular formula is C36H60O30. The van der Waals surface area contributed by atoms with Gasteiger partial charge < -0.3 is 149 Å². The summed E-state index contributed by atoms with van der Waals surface area (Å²) in [5.74, 6) is 0. The maximum absolute atomic E-state index is 11.5. The third kappa shape index (κ3) is 10.0. The molecule has 22 rings (SSSR count). The van der Waals surface area contributed by atoms with E-state index in [-0.39, 0.29) is 0 Å². The molecule has 22 aliphatic heterocycles. The van der Waals surface area contributed by atoms with Crippen molar-refractivity contribution in [2.24, 2.45) is 0 Å². The Kier molecular flexibility index (Phi) is 11.2. The zero-order chi connectivity index (χ0) is 64.3. The number of aliphatic hydroxyl groups is 18. The lowest BCUT2D eigenvalue weighted by Crippen LogP contribution is -2.69. The SMILES string of the molecule is [2H]C([2H])(O)[C@H]1O[C@@H]2O[C@H]3[C@@H](O)[C@@]([2H])(O)[C@@H](O[C@H]4[C@@H](O)[C@@]([2H])(O)[C@@H](O[C@H]5C(O)[C@]([2H])(O)[C@@H](O[C@H]6C(O)[C@]([2H])(O)[C@@H](O[C@H]7C(O)[C@]([2H])(O)[C@@H](O[C@H]1[C@H](O)[C@@]2([2H])O)O[C@@H]7C([2H])([2H])O)O[C@@H]6C([2H])([2H])O)O[C@@H]5C([2H])([2H])O)O[C@@H]4C([2H])([2H])O)O[C@@H]3C([2H])([2H])O. The summed E-state index contributed by atoms with van der Waals surface area (Å²) in [6, 6.07) is 0. The molecule has 0 aromatic heterocycles. The molecule has 0 aromatic carbocycles. The van der Waals surface area contributed by atoms with Crippen LogP contribution in [-0.2, 0) is 56.8 Å². The van der Waals surface area contributed by atoms with Gasteiger partial charge in [-0.1, -0.05) is 0 Å². The van der Waals surface area contributed by atoms with E-state index < -0.39 is 223 Å². The Labute approximate surface area is 397 Å². The van der Waals surface area contributed by atoms with Crippen LogP contribution in [0.5, 0.6) is 0 Å². The van der Waals surface area contributed by atoms with Gasteiger partial charge in [0.15, 0.2) is 37.7 Å². The largest absolute Gasteiger partial charge is 0.394 e. The molecule has 3 unspecified atom stereocenters. The standard InChI is InChI=1S/C36H60O30/c37-1-7-25-13(43)19(49)31(55-7)62-26-8(2-38)57-33(21(51)15(26)45)64-28-10(4-40)59-35(23(53)17(28)47)66-30-12(6-42)60-36(24(54)18(30)48)65-29-11(5-41)58-34(22(52)16(29)46)63-27-9(3-39)56-32(61-25)20(50)14(27)44/h7-54H,1-6H2/t7-,8-,9-,10-,11-,12-,13-,14?,15+,16?,17+,18?,19-,20+,21-,22+,23-,24+,25-,26-,27-,28-,29-,30-,31-,32-,33-,34-,35-,36-/m1/s1/i1D2,2D2,3D2,4D2,5D2,6D2,19D,20D,21D,22D,23D,24D. The molecule has 18 N–H and O–H groups in total. The summed E-state index contributed by atoms with van der Waals surface area (Å²) in [6.07, 6.45) is -101. The number of ether oxygens (including phenoxy) is 12. The van der Waals surface area contributed by atoms with Crippen LogP contribution in [0.2, 0.25) is 0 Å². The average Bonchev–Trinajstić information content (AvgIpc) is 0.888. The molecule has 30 atom stereocenters. The maximum atomic E-state index is 11.5. The van der Waals surface area contributed by atoms with Crippen molar-refractivity contribution < 1.29 is 173 Å². The Balaban J connectivity index is 1.39. The predicted molar refractivity (Wildman–Crippen MR) is 196 cm³/mol. The monoisotopic (exact) mass is 990 g/mol. The van der Waals surface area contributed by atoms with Gasteiger partial charge in [0.1, 0.15) is 146 Å². The van der Waals surface area contributed by atoms with Crippen molar-refractivity contribution >= 4 is 0 Å². The van der Waals surface area contributed by atoms with Gasteiger partial charge in [0.2, 0.25) is 0 Å². The fraction of sp³-hybridized carbons (Fsp3) is 1.00. The van der Waals surface area contributed by atoms with E-state index >= 15 is 0 Å². The molecule has 384 valence electrons. The lowest BCUT2D eigenvalue weighted by atomic mass is 9.94. The number of aliphatic hydroxyl groups excluding tert-OH is 6. The minimum absolute atomic E-state index is 3.07. The highest BCUT2D eigenvalue weighted by Gasteiger charge is 2.58. The Morgan fingerprint density at radius 2 is 0.364 bits per heavy atom. The molecule has 22 aliphatic rings. The van der Waals surface area contributed by atoms with Crippen molar-refractivity contribution in [2.75, 3.05) is 39.4 Å². The van der Waals surface area contributed by atoms with Crippen LogP contribution in [0.25, 0.3) is 0 Å². The first-order valence-corrected chi connectivity index (χ1v) is 19.1. The van der Waals surface area contributed by atoms with Gasteiger partial charge in [-0.25, -0.2) is 0 Å². The van der Waals surface area contributed by atoms with E-state index in [9.17, 15) is 91.9 Å². The Hall–Kier alpha value is -1.20. The Morgan fingerprint density at radius 1 is 0.242 bits per heavy atom. The molecule has 30 heteroatoms. The molecule has 0 aromatic rings. The van der Waals surface area contributed by atoms with E-state index in [4.69, 9.17) is 81.5 Å². The molecule has 66 heavy (non-hydrogen) atoms. The van der Waals surface area contributed by atoms with Crippen LogP contribution in [-0.4, -0.2) is 315 Å². The highest BCUT2D eigenvalue weighted by Crippen LogP contribution is 2.38. The second-order valence-corrected chi connectivity index (χ2v) is 14.9. The quantitative estimate of drug-likeness (QED) is 0.117. The van der Waals surface area contributed by atoms with Crippen LogP contribution in [0, 0.1) is 0 Å². The molecule has 0 radical (unpaired) electrons. The molecule has 12 bridgehead atoms. The molecule has 22 fully saturated rings. The summed E-state index contributed by atoms with van der Waals surface area (Å²) in [7, 11) is 0. The lowest BCUT2D eigenvalue weighted by Gasteiger charge is -2.50. The van der Waals surface area contributed by atoms with Gasteiger partial charge in [-0.15, -0.1) is 0 Å². The third-order valence-corrected chi connectivity index (χ3v) is 11.0. The first-order chi connectivity index (χ1) is 37.5. The van der Waals surface area contributed by atoms with Crippen molar-refractivity contribution in [1.82, 2.24) is 0 Å². The minimum Gasteiger partial charge on any atom is -0.394 e. The zero-order valence-corrected chi connectivity index (χ0v) is 32.8. The summed E-state index contributed by atoms with van der Waals surface area (Å²) in [5, 5.41) is 202. The fourth-order valence-electron chi connectivity index (χ4n) is 7.49. The van der Waals surface area contributed by atoms with Gasteiger partial charge >= 0.3 is 0 Å². The van der Waals surface area contributed by atoms with Crippen LogP contribution in [0.4, 0.5) is 0 Å². The van der Waals surface area contributed by atoms with Crippen molar-refractivity contribution in [1.29, 1.82) is 0 Å². The minimum atomic E-state index is -4.11. The first kappa shape index (κ1) is 33.4. The Morgan fingerprint density at radius 3 is 0.470 bits per heavy atom. The van der Waals surface area contributed by atoms with Crippen molar-refractivity contribution in [2.45, 2.75) is 184 Å². The zero-order valence-electron chi connectivity index (χ0n) is 50.8. The molecule has 0 saturated carbocycles. The summed E-state index contributed by atoms with van der Waals surface area (Å²) in [5.41, 5.74) is 0. The first-order valence-electron chi connectivity index (χ1n) is 28.1. The van der Waals surface area contributed by atoms with Crippen LogP contribution >= 0.6 is 0 Å². The van der Waals surface area contributed by atoms with E-state index in [0.29, 0.717) is 0 Å². The van der Waals surface area contributed by atoms with Crippen molar-refractivity contribution in [3.05, 3.63) is 0 Å². The van der Waals surface area contributed by atoms with E-state index in [1.807, 2.05) is 0 Å². The number of rotatable bonds is 6. The van der Waals surface area contributed by atoms with Crippen molar-refractivity contribution in [3.63, 3.8) is 0 Å². The highest BCUT2D eigenvalue weighted by atomic mass is 16.8. The van der Waals surface area contributed by atoms with Gasteiger partial charge in [-0.2, -0.15) is 0 Å². The smallest absolute Gasteiger partial charge is 0.187 e. The predicted octanol–water partition coefficient (Wildman–Crippen LogP) is -13.1. The van der Waals surface area contributed by atoms with E-state index in [0.717, 1.165) is 0 Å². The molecular weight excluding hydrogens is 912 g/mol. The highest BCUT2D eigenvalue weighted by molar-refractivity contribution is 5.01. The molecule has 0 aliphatic carbocycles. The van der Waals surface area contributed by atoms with Gasteiger partial charge in [-0.3, -0.25) is 0 Å². The summed E-state index contributed by atoms with van der Waals surface area (Å²) in [4.78, 5) is 0. The average molecular weight is 991 g/mol. The van der Waals surface area contributed by atoms with Gasteiger partial charge in [0.05, 0.1) is 64.0 Å². The maximum Gasteiger partial charge on any atom is 0.187 e. The summed E-state index contributed by atoms with van der Waals surface area (Å²) < 4.78 is 211. The van der Waals surface area contributed by atoms with Crippen LogP contribution in [0.15, 0.2) is 0 Å². The lowest BCUT2D eigenvalue weighted by molar-refractivity contribution is -0.404. The molecule has 22 saturated heterocycles. The van der Waals surface area contributed by atoms with Crippen LogP contribution in [0.1, 0.15) is 24.7 Å². The van der Waals surface area contributed by atoms with Gasteiger partial charge in [-0.05, 0) is 0 Å².